The van der Waals surface area contributed by atoms with Crippen molar-refractivity contribution in [1.82, 2.24) is 0 Å². The van der Waals surface area contributed by atoms with Gasteiger partial charge in [-0.05, 0) is 37.5 Å². The van der Waals surface area contributed by atoms with Crippen LogP contribution in [-0.4, -0.2) is 96.7 Å². The van der Waals surface area contributed by atoms with Gasteiger partial charge in [0, 0.05) is 25.7 Å². The number of hydrogen-bond acceptors (Lipinski definition) is 15. The summed E-state index contributed by atoms with van der Waals surface area (Å²) >= 11 is 0. The van der Waals surface area contributed by atoms with Crippen LogP contribution in [0.2, 0.25) is 0 Å². The molecule has 0 aromatic carbocycles. The van der Waals surface area contributed by atoms with E-state index in [9.17, 15) is 43.2 Å². The minimum Gasteiger partial charge on any atom is -0.462 e. The summed E-state index contributed by atoms with van der Waals surface area (Å²) in [5.74, 6) is -0.534. The second-order valence-electron chi connectivity index (χ2n) is 27.4. The van der Waals surface area contributed by atoms with Gasteiger partial charge < -0.3 is 33.8 Å². The van der Waals surface area contributed by atoms with Gasteiger partial charge in [0.15, 0.2) is 12.2 Å². The number of unbranched alkanes of at least 4 members (excludes halogenated alkanes) is 42. The lowest BCUT2D eigenvalue weighted by atomic mass is 9.99. The Labute approximate surface area is 568 Å². The van der Waals surface area contributed by atoms with Gasteiger partial charge in [-0.25, -0.2) is 9.13 Å². The number of aliphatic hydroxyl groups excluding tert-OH is 1. The van der Waals surface area contributed by atoms with Crippen LogP contribution in [0, 0.1) is 11.8 Å². The molecular weight excluding hydrogens is 1220 g/mol. The molecule has 0 saturated carbocycles. The molecule has 0 aromatic rings. The molecule has 0 rings (SSSR count). The number of ether oxygens (including phenoxy) is 4. The Morgan fingerprint density at radius 2 is 0.548 bits per heavy atom. The Kier molecular flexibility index (Phi) is 64.6. The average molecular weight is 1370 g/mol. The van der Waals surface area contributed by atoms with E-state index in [-0.39, 0.29) is 25.7 Å². The van der Waals surface area contributed by atoms with Crippen LogP contribution < -0.4 is 0 Å². The number of hydrogen-bond donors (Lipinski definition) is 3. The van der Waals surface area contributed by atoms with Gasteiger partial charge in [-0.3, -0.25) is 37.3 Å². The highest BCUT2D eigenvalue weighted by Crippen LogP contribution is 2.45. The largest absolute Gasteiger partial charge is 0.472 e. The zero-order chi connectivity index (χ0) is 68.6. The molecule has 0 saturated heterocycles. The lowest BCUT2D eigenvalue weighted by Crippen LogP contribution is -2.30. The molecule has 552 valence electrons. The second kappa shape index (κ2) is 66.0. The van der Waals surface area contributed by atoms with Gasteiger partial charge in [-0.1, -0.05) is 330 Å². The molecule has 0 aliphatic rings. The summed E-state index contributed by atoms with van der Waals surface area (Å²) < 4.78 is 68.3. The molecule has 3 unspecified atom stereocenters. The third-order valence-electron chi connectivity index (χ3n) is 17.6. The summed E-state index contributed by atoms with van der Waals surface area (Å²) in [4.78, 5) is 72.5. The van der Waals surface area contributed by atoms with Crippen molar-refractivity contribution in [3.63, 3.8) is 0 Å². The molecule has 0 aliphatic carbocycles. The van der Waals surface area contributed by atoms with Crippen molar-refractivity contribution in [2.75, 3.05) is 39.6 Å². The van der Waals surface area contributed by atoms with Crippen molar-refractivity contribution in [3.05, 3.63) is 0 Å². The standard InChI is InChI=1S/C74H144O17P2/c1-7-10-12-14-15-16-17-18-19-20-21-22-25-29-35-40-46-52-58-74(79)91-70(63-85-72(77)57-51-45-39-34-28-26-23-24-27-32-37-43-48-54-66(4)5)65-89-93(82,83)87-61-68(75)60-86-92(80,81)88-64-69(62-84-71(76)56-50-42-13-11-8-2)90-73(78)59-53-47-41-36-31-30-33-38-44-49-55-67(6)9-3/h66-70,75H,7-65H2,1-6H3,(H,80,81)(H,82,83)/t67?,68-,69+,70+/m0/s1. The Morgan fingerprint density at radius 1 is 0.312 bits per heavy atom. The molecule has 0 amide bonds. The Bertz CT molecular complexity index is 1810. The predicted octanol–water partition coefficient (Wildman–Crippen LogP) is 21.6. The molecule has 3 N–H and O–H groups in total. The first-order valence-corrected chi connectivity index (χ1v) is 41.5. The van der Waals surface area contributed by atoms with Gasteiger partial charge >= 0.3 is 39.5 Å². The van der Waals surface area contributed by atoms with Gasteiger partial charge in [0.25, 0.3) is 0 Å². The maximum Gasteiger partial charge on any atom is 0.472 e. The van der Waals surface area contributed by atoms with Crippen LogP contribution in [0.25, 0.3) is 0 Å². The van der Waals surface area contributed by atoms with Gasteiger partial charge in [0.1, 0.15) is 19.3 Å². The molecule has 0 bridgehead atoms. The van der Waals surface area contributed by atoms with Gasteiger partial charge in [-0.2, -0.15) is 0 Å². The molecule has 93 heavy (non-hydrogen) atoms. The molecule has 6 atom stereocenters. The first-order chi connectivity index (χ1) is 44.9. The average Bonchev–Trinajstić information content (AvgIpc) is 2.26. The lowest BCUT2D eigenvalue weighted by molar-refractivity contribution is -0.161. The van der Waals surface area contributed by atoms with Crippen LogP contribution in [0.4, 0.5) is 0 Å². The summed E-state index contributed by atoms with van der Waals surface area (Å²) in [6, 6.07) is 0. The van der Waals surface area contributed by atoms with Crippen molar-refractivity contribution >= 4 is 39.5 Å². The summed E-state index contributed by atoms with van der Waals surface area (Å²) in [7, 11) is -9.90. The number of phosphoric ester groups is 2. The number of phosphoric acid groups is 2. The summed E-state index contributed by atoms with van der Waals surface area (Å²) in [5, 5.41) is 10.6. The van der Waals surface area contributed by atoms with Crippen molar-refractivity contribution in [3.8, 4) is 0 Å². The normalized spacial score (nSPS) is 14.3. The lowest BCUT2D eigenvalue weighted by Gasteiger charge is -2.21. The Balaban J connectivity index is 5.15. The molecule has 0 aromatic heterocycles. The SMILES string of the molecule is CCCCCCCCCCCCCCCCCCCCC(=O)O[C@H](COC(=O)CCCCCCCCCCCCCCCC(C)C)COP(=O)(O)OC[C@@H](O)COP(=O)(O)OC[C@@H](COC(=O)CCCCCCC)OC(=O)CCCCCCCCCCCCC(C)CC. The number of aliphatic hydroxyl groups is 1. The first kappa shape index (κ1) is 91.1. The van der Waals surface area contributed by atoms with E-state index < -0.39 is 97.5 Å². The third-order valence-corrected chi connectivity index (χ3v) is 19.5. The Hall–Kier alpha value is -1.94. The monoisotopic (exact) mass is 1370 g/mol. The van der Waals surface area contributed by atoms with E-state index in [0.29, 0.717) is 25.7 Å². The molecule has 0 fully saturated rings. The molecule has 17 nitrogen and oxygen atoms in total. The van der Waals surface area contributed by atoms with E-state index in [4.69, 9.17) is 37.0 Å². The fourth-order valence-electron chi connectivity index (χ4n) is 11.3. The van der Waals surface area contributed by atoms with Gasteiger partial charge in [-0.15, -0.1) is 0 Å². The summed E-state index contributed by atoms with van der Waals surface area (Å²) in [6.45, 7) is 9.54. The number of carbonyl (C=O) groups excluding carboxylic acids is 4. The number of esters is 4. The highest BCUT2D eigenvalue weighted by molar-refractivity contribution is 7.47. The molecule has 0 spiro atoms. The Morgan fingerprint density at radius 3 is 0.817 bits per heavy atom. The zero-order valence-electron chi connectivity index (χ0n) is 60.6. The van der Waals surface area contributed by atoms with E-state index in [1.54, 1.807) is 0 Å². The molecule has 0 radical (unpaired) electrons. The maximum absolute atomic E-state index is 13.1. The van der Waals surface area contributed by atoms with E-state index in [0.717, 1.165) is 108 Å². The van der Waals surface area contributed by atoms with Crippen LogP contribution in [0.1, 0.15) is 382 Å². The maximum atomic E-state index is 13.1. The highest BCUT2D eigenvalue weighted by Gasteiger charge is 2.30. The number of rotatable bonds is 73. The molecule has 0 heterocycles. The first-order valence-electron chi connectivity index (χ1n) is 38.5. The van der Waals surface area contributed by atoms with Crippen LogP contribution in [0.5, 0.6) is 0 Å². The minimum absolute atomic E-state index is 0.105. The zero-order valence-corrected chi connectivity index (χ0v) is 62.3. The van der Waals surface area contributed by atoms with E-state index >= 15 is 0 Å². The topological polar surface area (TPSA) is 237 Å². The van der Waals surface area contributed by atoms with E-state index in [1.807, 2.05) is 0 Å². The van der Waals surface area contributed by atoms with E-state index in [2.05, 4.69) is 41.5 Å². The fourth-order valence-corrected chi connectivity index (χ4v) is 12.8. The van der Waals surface area contributed by atoms with Crippen LogP contribution in [0.3, 0.4) is 0 Å². The van der Waals surface area contributed by atoms with Crippen molar-refractivity contribution in [2.24, 2.45) is 11.8 Å². The number of carbonyl (C=O) groups is 4. The van der Waals surface area contributed by atoms with Gasteiger partial charge in [0.2, 0.25) is 0 Å². The molecule has 19 heteroatoms. The van der Waals surface area contributed by atoms with Crippen molar-refractivity contribution in [1.29, 1.82) is 0 Å². The fraction of sp³-hybridized carbons (Fsp3) is 0.946. The quantitative estimate of drug-likeness (QED) is 0.0222. The highest BCUT2D eigenvalue weighted by atomic mass is 31.2. The summed E-state index contributed by atoms with van der Waals surface area (Å²) in [5.41, 5.74) is 0. The van der Waals surface area contributed by atoms with Crippen LogP contribution in [-0.2, 0) is 65.4 Å². The van der Waals surface area contributed by atoms with Crippen molar-refractivity contribution in [2.45, 2.75) is 400 Å². The smallest absolute Gasteiger partial charge is 0.462 e. The van der Waals surface area contributed by atoms with Crippen LogP contribution >= 0.6 is 15.6 Å². The predicted molar refractivity (Wildman–Crippen MR) is 377 cm³/mol. The van der Waals surface area contributed by atoms with Crippen LogP contribution in [0.15, 0.2) is 0 Å². The molecular formula is C74H144O17P2. The van der Waals surface area contributed by atoms with Gasteiger partial charge in [0.05, 0.1) is 26.4 Å². The second-order valence-corrected chi connectivity index (χ2v) is 30.3. The third kappa shape index (κ3) is 67.0. The summed E-state index contributed by atoms with van der Waals surface area (Å²) in [6.07, 6.45) is 53.0. The van der Waals surface area contributed by atoms with E-state index in [1.165, 1.54) is 193 Å². The molecule has 0 aliphatic heterocycles. The van der Waals surface area contributed by atoms with Crippen molar-refractivity contribution < 1.29 is 80.2 Å². The minimum atomic E-state index is -4.95.